The number of rotatable bonds is 5. The molecular formula is C22H26N4O4. The van der Waals surface area contributed by atoms with E-state index in [-0.39, 0.29) is 29.0 Å². The second-order valence-corrected chi connectivity index (χ2v) is 7.67. The van der Waals surface area contributed by atoms with E-state index in [1.807, 2.05) is 43.0 Å². The Bertz CT molecular complexity index is 948. The zero-order chi connectivity index (χ0) is 21.8. The highest BCUT2D eigenvalue weighted by molar-refractivity contribution is 6.05. The Hall–Kier alpha value is -3.42. The van der Waals surface area contributed by atoms with Crippen molar-refractivity contribution in [2.75, 3.05) is 36.4 Å². The minimum atomic E-state index is -0.491. The van der Waals surface area contributed by atoms with E-state index in [9.17, 15) is 19.7 Å². The standard InChI is InChI=1S/C22H26N4O4/c1-15(2)22(28)25-13-11-24(12-14-25)18-9-7-17(8-10-18)23-21(27)19-5-4-6-20(16(19)3)26(29)30/h4-10,15H,11-14H2,1-3H3,(H,23,27). The maximum atomic E-state index is 12.6. The van der Waals surface area contributed by atoms with Crippen LogP contribution in [0.25, 0.3) is 0 Å². The van der Waals surface area contributed by atoms with Gasteiger partial charge in [-0.2, -0.15) is 0 Å². The van der Waals surface area contributed by atoms with E-state index in [0.29, 0.717) is 24.3 Å². The molecule has 1 aliphatic rings. The van der Waals surface area contributed by atoms with Crippen LogP contribution in [-0.4, -0.2) is 47.8 Å². The van der Waals surface area contributed by atoms with Gasteiger partial charge in [-0.15, -0.1) is 0 Å². The predicted octanol–water partition coefficient (Wildman–Crippen LogP) is 3.46. The van der Waals surface area contributed by atoms with Crippen molar-refractivity contribution in [2.24, 2.45) is 5.92 Å². The molecule has 0 aliphatic carbocycles. The molecule has 0 bridgehead atoms. The van der Waals surface area contributed by atoms with Crippen molar-refractivity contribution in [2.45, 2.75) is 20.8 Å². The molecule has 1 heterocycles. The number of carbonyl (C=O) groups excluding carboxylic acids is 2. The summed E-state index contributed by atoms with van der Waals surface area (Å²) in [5.74, 6) is -0.192. The third kappa shape index (κ3) is 4.59. The maximum absolute atomic E-state index is 12.6. The Morgan fingerprint density at radius 1 is 1.03 bits per heavy atom. The first-order chi connectivity index (χ1) is 14.3. The fourth-order valence-corrected chi connectivity index (χ4v) is 3.57. The first kappa shape index (κ1) is 21.3. The molecule has 1 N–H and O–H groups in total. The highest BCUT2D eigenvalue weighted by atomic mass is 16.6. The lowest BCUT2D eigenvalue weighted by molar-refractivity contribution is -0.385. The van der Waals surface area contributed by atoms with Crippen LogP contribution < -0.4 is 10.2 Å². The van der Waals surface area contributed by atoms with Crippen LogP contribution in [0, 0.1) is 23.0 Å². The monoisotopic (exact) mass is 410 g/mol. The lowest BCUT2D eigenvalue weighted by Gasteiger charge is -2.37. The molecule has 0 radical (unpaired) electrons. The largest absolute Gasteiger partial charge is 0.368 e. The van der Waals surface area contributed by atoms with Gasteiger partial charge in [0, 0.05) is 60.7 Å². The molecule has 2 aromatic rings. The topological polar surface area (TPSA) is 95.8 Å². The van der Waals surface area contributed by atoms with Crippen molar-refractivity contribution in [1.29, 1.82) is 0 Å². The Morgan fingerprint density at radius 2 is 1.67 bits per heavy atom. The van der Waals surface area contributed by atoms with Gasteiger partial charge < -0.3 is 15.1 Å². The zero-order valence-corrected chi connectivity index (χ0v) is 17.4. The molecule has 8 nitrogen and oxygen atoms in total. The first-order valence-electron chi connectivity index (χ1n) is 9.97. The summed E-state index contributed by atoms with van der Waals surface area (Å²) in [5.41, 5.74) is 2.18. The van der Waals surface area contributed by atoms with E-state index in [0.717, 1.165) is 18.8 Å². The number of anilines is 2. The summed E-state index contributed by atoms with van der Waals surface area (Å²) >= 11 is 0. The molecule has 0 spiro atoms. The SMILES string of the molecule is Cc1c(C(=O)Nc2ccc(N3CCN(C(=O)C(C)C)CC3)cc2)cccc1[N+](=O)[O-]. The number of nitrogens with zero attached hydrogens (tertiary/aromatic N) is 3. The normalized spacial score (nSPS) is 14.0. The lowest BCUT2D eigenvalue weighted by Crippen LogP contribution is -2.49. The average molecular weight is 410 g/mol. The van der Waals surface area contributed by atoms with Gasteiger partial charge in [0.2, 0.25) is 5.91 Å². The summed E-state index contributed by atoms with van der Waals surface area (Å²) in [7, 11) is 0. The van der Waals surface area contributed by atoms with Crippen molar-refractivity contribution in [1.82, 2.24) is 4.90 Å². The van der Waals surface area contributed by atoms with Crippen LogP contribution in [0.2, 0.25) is 0 Å². The van der Waals surface area contributed by atoms with Crippen LogP contribution in [0.15, 0.2) is 42.5 Å². The Labute approximate surface area is 175 Å². The van der Waals surface area contributed by atoms with Crippen molar-refractivity contribution < 1.29 is 14.5 Å². The molecule has 8 heteroatoms. The average Bonchev–Trinajstić information content (AvgIpc) is 2.73. The minimum absolute atomic E-state index is 0.00845. The molecular weight excluding hydrogens is 384 g/mol. The minimum Gasteiger partial charge on any atom is -0.368 e. The summed E-state index contributed by atoms with van der Waals surface area (Å²) in [5, 5.41) is 13.9. The van der Waals surface area contributed by atoms with Crippen molar-refractivity contribution in [3.05, 3.63) is 63.7 Å². The van der Waals surface area contributed by atoms with Crippen LogP contribution >= 0.6 is 0 Å². The predicted molar refractivity (Wildman–Crippen MR) is 116 cm³/mol. The number of benzene rings is 2. The van der Waals surface area contributed by atoms with Gasteiger partial charge in [-0.3, -0.25) is 19.7 Å². The van der Waals surface area contributed by atoms with Gasteiger partial charge in [-0.05, 0) is 37.3 Å². The summed E-state index contributed by atoms with van der Waals surface area (Å²) < 4.78 is 0. The van der Waals surface area contributed by atoms with Crippen LogP contribution in [0.5, 0.6) is 0 Å². The van der Waals surface area contributed by atoms with Crippen LogP contribution in [0.1, 0.15) is 29.8 Å². The molecule has 0 atom stereocenters. The van der Waals surface area contributed by atoms with E-state index >= 15 is 0 Å². The van der Waals surface area contributed by atoms with Gasteiger partial charge in [-0.25, -0.2) is 0 Å². The maximum Gasteiger partial charge on any atom is 0.273 e. The van der Waals surface area contributed by atoms with Crippen LogP contribution in [0.3, 0.4) is 0 Å². The van der Waals surface area contributed by atoms with E-state index < -0.39 is 4.92 Å². The van der Waals surface area contributed by atoms with Crippen molar-refractivity contribution in [3.8, 4) is 0 Å². The van der Waals surface area contributed by atoms with Gasteiger partial charge in [-0.1, -0.05) is 19.9 Å². The van der Waals surface area contributed by atoms with Gasteiger partial charge in [0.05, 0.1) is 4.92 Å². The van der Waals surface area contributed by atoms with Crippen molar-refractivity contribution >= 4 is 28.9 Å². The highest BCUT2D eigenvalue weighted by Gasteiger charge is 2.23. The zero-order valence-electron chi connectivity index (χ0n) is 17.4. The smallest absolute Gasteiger partial charge is 0.273 e. The number of hydrogen-bond acceptors (Lipinski definition) is 5. The van der Waals surface area contributed by atoms with E-state index in [1.165, 1.54) is 12.1 Å². The van der Waals surface area contributed by atoms with Crippen molar-refractivity contribution in [3.63, 3.8) is 0 Å². The van der Waals surface area contributed by atoms with Gasteiger partial charge in [0.25, 0.3) is 11.6 Å². The summed E-state index contributed by atoms with van der Waals surface area (Å²) in [4.78, 5) is 39.4. The molecule has 0 saturated carbocycles. The molecule has 0 aromatic heterocycles. The Balaban J connectivity index is 1.63. The van der Waals surface area contributed by atoms with Gasteiger partial charge in [0.15, 0.2) is 0 Å². The summed E-state index contributed by atoms with van der Waals surface area (Å²) in [6.45, 7) is 8.31. The van der Waals surface area contributed by atoms with Crippen LogP contribution in [-0.2, 0) is 4.79 Å². The fraction of sp³-hybridized carbons (Fsp3) is 0.364. The number of carbonyl (C=O) groups is 2. The third-order valence-electron chi connectivity index (χ3n) is 5.32. The molecule has 1 fully saturated rings. The third-order valence-corrected chi connectivity index (χ3v) is 5.32. The molecule has 2 aromatic carbocycles. The van der Waals surface area contributed by atoms with E-state index in [1.54, 1.807) is 13.0 Å². The quantitative estimate of drug-likeness (QED) is 0.602. The molecule has 1 saturated heterocycles. The van der Waals surface area contributed by atoms with E-state index in [4.69, 9.17) is 0 Å². The number of nitrogens with one attached hydrogen (secondary N) is 1. The molecule has 0 unspecified atom stereocenters. The second kappa shape index (κ2) is 8.94. The summed E-state index contributed by atoms with van der Waals surface area (Å²) in [6.07, 6.45) is 0. The van der Waals surface area contributed by atoms with Crippen LogP contribution in [0.4, 0.5) is 17.1 Å². The summed E-state index contributed by atoms with van der Waals surface area (Å²) in [6, 6.07) is 11.9. The second-order valence-electron chi connectivity index (χ2n) is 7.67. The number of hydrogen-bond donors (Lipinski definition) is 1. The Kier molecular flexibility index (Phi) is 6.34. The molecule has 2 amide bonds. The fourth-order valence-electron chi connectivity index (χ4n) is 3.57. The molecule has 30 heavy (non-hydrogen) atoms. The first-order valence-corrected chi connectivity index (χ1v) is 9.97. The molecule has 3 rings (SSSR count). The molecule has 158 valence electrons. The lowest BCUT2D eigenvalue weighted by atomic mass is 10.1. The van der Waals surface area contributed by atoms with E-state index in [2.05, 4.69) is 10.2 Å². The van der Waals surface area contributed by atoms with Gasteiger partial charge >= 0.3 is 0 Å². The number of amides is 2. The highest BCUT2D eigenvalue weighted by Crippen LogP contribution is 2.24. The Morgan fingerprint density at radius 3 is 2.23 bits per heavy atom. The van der Waals surface area contributed by atoms with Gasteiger partial charge in [0.1, 0.15) is 0 Å². The molecule has 1 aliphatic heterocycles. The number of nitro groups is 1. The number of nitro benzene ring substituents is 1. The number of piperazine rings is 1.